The van der Waals surface area contributed by atoms with Gasteiger partial charge in [0, 0.05) is 6.07 Å². The van der Waals surface area contributed by atoms with Crippen molar-refractivity contribution in [3.8, 4) is 0 Å². The van der Waals surface area contributed by atoms with E-state index in [0.717, 1.165) is 33.7 Å². The third kappa shape index (κ3) is 1.45. The molecular weight excluding hydrogens is 222 g/mol. The van der Waals surface area contributed by atoms with Crippen LogP contribution in [-0.4, -0.2) is 10.5 Å². The van der Waals surface area contributed by atoms with Crippen LogP contribution in [0.3, 0.4) is 0 Å². The first kappa shape index (κ1) is 11.5. The molecule has 1 heterocycles. The summed E-state index contributed by atoms with van der Waals surface area (Å²) in [4.78, 5) is 0. The van der Waals surface area contributed by atoms with Gasteiger partial charge in [0.05, 0.1) is 16.6 Å². The van der Waals surface area contributed by atoms with Gasteiger partial charge >= 0.3 is 0 Å². The van der Waals surface area contributed by atoms with Gasteiger partial charge in [0.1, 0.15) is 0 Å². The summed E-state index contributed by atoms with van der Waals surface area (Å²) in [5, 5.41) is 12.5. The number of fused-ring (bicyclic) bond motifs is 3. The van der Waals surface area contributed by atoms with Crippen LogP contribution in [0.2, 0.25) is 0 Å². The van der Waals surface area contributed by atoms with Gasteiger partial charge in [-0.15, -0.1) is 0 Å². The highest BCUT2D eigenvalue weighted by Crippen LogP contribution is 2.50. The summed E-state index contributed by atoms with van der Waals surface area (Å²) in [7, 11) is 0. The molecule has 0 unspecified atom stereocenters. The van der Waals surface area contributed by atoms with Crippen molar-refractivity contribution in [1.29, 1.82) is 0 Å². The van der Waals surface area contributed by atoms with Crippen LogP contribution in [0.1, 0.15) is 39.7 Å². The van der Waals surface area contributed by atoms with Crippen LogP contribution in [0.5, 0.6) is 0 Å². The Morgan fingerprint density at radius 3 is 2.50 bits per heavy atom. The second-order valence-electron chi connectivity index (χ2n) is 6.77. The van der Waals surface area contributed by atoms with Crippen molar-refractivity contribution >= 4 is 17.0 Å². The largest absolute Gasteiger partial charge is 0.618 e. The Morgan fingerprint density at radius 2 is 1.78 bits per heavy atom. The van der Waals surface area contributed by atoms with Crippen molar-refractivity contribution in [2.45, 2.75) is 34.1 Å². The Labute approximate surface area is 108 Å². The molecule has 18 heavy (non-hydrogen) atoms. The van der Waals surface area contributed by atoms with Crippen molar-refractivity contribution in [3.63, 3.8) is 0 Å². The van der Waals surface area contributed by atoms with E-state index in [-0.39, 0.29) is 10.8 Å². The molecule has 0 amide bonds. The molecule has 0 radical (unpaired) electrons. The highest BCUT2D eigenvalue weighted by molar-refractivity contribution is 6.27. The third-order valence-electron chi connectivity index (χ3n) is 3.94. The van der Waals surface area contributed by atoms with Crippen molar-refractivity contribution in [2.24, 2.45) is 10.8 Å². The highest BCUT2D eigenvalue weighted by Gasteiger charge is 2.48. The first-order valence-electron chi connectivity index (χ1n) is 6.49. The first-order chi connectivity index (χ1) is 8.32. The monoisotopic (exact) mass is 241 g/mol. The number of rotatable bonds is 0. The number of hydrogen-bond acceptors (Lipinski definition) is 1. The third-order valence-corrected chi connectivity index (χ3v) is 3.94. The molecule has 2 nitrogen and oxygen atoms in total. The van der Waals surface area contributed by atoms with E-state index in [1.165, 1.54) is 0 Å². The number of hydrogen-bond donors (Lipinski definition) is 0. The molecule has 0 spiro atoms. The normalized spacial score (nSPS) is 23.4. The maximum atomic E-state index is 12.5. The average molecular weight is 241 g/mol. The summed E-state index contributed by atoms with van der Waals surface area (Å²) in [6.07, 6.45) is 3.27. The molecular formula is C16H19NO. The van der Waals surface area contributed by atoms with Crippen LogP contribution in [0, 0.1) is 16.0 Å². The first-order valence-corrected chi connectivity index (χ1v) is 6.49. The van der Waals surface area contributed by atoms with Gasteiger partial charge in [0.15, 0.2) is 0 Å². The minimum atomic E-state index is -0.0750. The predicted molar refractivity (Wildman–Crippen MR) is 74.9 cm³/mol. The molecule has 0 atom stereocenters. The summed E-state index contributed by atoms with van der Waals surface area (Å²) in [5.41, 5.74) is 4.02. The van der Waals surface area contributed by atoms with Crippen molar-refractivity contribution < 1.29 is 4.74 Å². The minimum absolute atomic E-state index is 0.0750. The van der Waals surface area contributed by atoms with Crippen LogP contribution in [0.4, 0.5) is 5.69 Å². The van der Waals surface area contributed by atoms with E-state index in [0.29, 0.717) is 0 Å². The molecule has 0 N–H and O–H groups in total. The molecule has 3 rings (SSSR count). The van der Waals surface area contributed by atoms with Gasteiger partial charge in [-0.2, -0.15) is 4.74 Å². The molecule has 0 fully saturated rings. The molecule has 94 valence electrons. The van der Waals surface area contributed by atoms with E-state index < -0.39 is 0 Å². The van der Waals surface area contributed by atoms with Crippen molar-refractivity contribution in [1.82, 2.24) is 0 Å². The lowest BCUT2D eigenvalue weighted by Gasteiger charge is -2.36. The van der Waals surface area contributed by atoms with E-state index >= 15 is 0 Å². The van der Waals surface area contributed by atoms with Crippen LogP contribution >= 0.6 is 0 Å². The van der Waals surface area contributed by atoms with E-state index in [9.17, 15) is 5.21 Å². The second-order valence-corrected chi connectivity index (χ2v) is 6.77. The second kappa shape index (κ2) is 3.25. The SMILES string of the molecule is CC1(C)C=C2C(=[N+]([O-])c3ccccc32)C(C)(C)C1. The zero-order valence-electron chi connectivity index (χ0n) is 11.4. The lowest BCUT2D eigenvalue weighted by Crippen LogP contribution is -2.36. The molecule has 1 aromatic carbocycles. The molecule has 1 aliphatic carbocycles. The van der Waals surface area contributed by atoms with Gasteiger partial charge in [0.25, 0.3) is 0 Å². The van der Waals surface area contributed by atoms with Gasteiger partial charge in [0.2, 0.25) is 11.4 Å². The quantitative estimate of drug-likeness (QED) is 0.495. The molecule has 0 bridgehead atoms. The van der Waals surface area contributed by atoms with Crippen LogP contribution in [0.25, 0.3) is 5.57 Å². The van der Waals surface area contributed by atoms with E-state index in [4.69, 9.17) is 0 Å². The average Bonchev–Trinajstić information content (AvgIpc) is 2.51. The highest BCUT2D eigenvalue weighted by atomic mass is 16.5. The number of benzene rings is 1. The Bertz CT molecular complexity index is 591. The number of allylic oxidation sites excluding steroid dienone is 2. The van der Waals surface area contributed by atoms with Crippen LogP contribution in [0.15, 0.2) is 30.3 Å². The lowest BCUT2D eigenvalue weighted by atomic mass is 9.65. The minimum Gasteiger partial charge on any atom is -0.618 e. The fourth-order valence-electron chi connectivity index (χ4n) is 3.69. The molecule has 2 aliphatic rings. The smallest absolute Gasteiger partial charge is 0.224 e. The van der Waals surface area contributed by atoms with Crippen molar-refractivity contribution in [3.05, 3.63) is 41.1 Å². The standard InChI is InChI=1S/C16H19NO/c1-15(2)9-12-11-7-5-6-8-13(11)17(18)14(12)16(3,4)10-15/h5-9H,10H2,1-4H3. The molecule has 0 aromatic heterocycles. The number of nitrogens with zero attached hydrogens (tertiary/aromatic N) is 1. The Hall–Kier alpha value is -1.57. The summed E-state index contributed by atoms with van der Waals surface area (Å²) in [6, 6.07) is 7.90. The summed E-state index contributed by atoms with van der Waals surface area (Å²) in [5.74, 6) is 0. The Morgan fingerprint density at radius 1 is 1.11 bits per heavy atom. The lowest BCUT2D eigenvalue weighted by molar-refractivity contribution is -0.361. The summed E-state index contributed by atoms with van der Waals surface area (Å²) >= 11 is 0. The molecule has 1 aliphatic heterocycles. The fraction of sp³-hybridized carbons (Fsp3) is 0.438. The topological polar surface area (TPSA) is 26.1 Å². The zero-order valence-corrected chi connectivity index (χ0v) is 11.4. The van der Waals surface area contributed by atoms with Gasteiger partial charge < -0.3 is 5.21 Å². The van der Waals surface area contributed by atoms with Gasteiger partial charge in [-0.25, -0.2) is 0 Å². The summed E-state index contributed by atoms with van der Waals surface area (Å²) < 4.78 is 1.14. The van der Waals surface area contributed by atoms with E-state index in [2.05, 4.69) is 39.8 Å². The van der Waals surface area contributed by atoms with Gasteiger partial charge in [-0.05, 0) is 31.7 Å². The molecule has 0 saturated heterocycles. The molecule has 2 heteroatoms. The molecule has 1 aromatic rings. The maximum absolute atomic E-state index is 12.5. The Balaban J connectivity index is 2.33. The molecule has 0 saturated carbocycles. The van der Waals surface area contributed by atoms with E-state index in [1.807, 2.05) is 18.2 Å². The van der Waals surface area contributed by atoms with Gasteiger partial charge in [-0.3, -0.25) is 0 Å². The maximum Gasteiger partial charge on any atom is 0.224 e. The number of para-hydroxylation sites is 1. The summed E-state index contributed by atoms with van der Waals surface area (Å²) in [6.45, 7) is 8.84. The van der Waals surface area contributed by atoms with Crippen molar-refractivity contribution in [2.75, 3.05) is 0 Å². The zero-order chi connectivity index (χ0) is 13.1. The predicted octanol–water partition coefficient (Wildman–Crippen LogP) is 4.12. The van der Waals surface area contributed by atoms with Crippen LogP contribution < -0.4 is 0 Å². The van der Waals surface area contributed by atoms with Crippen LogP contribution in [-0.2, 0) is 0 Å². The van der Waals surface area contributed by atoms with Gasteiger partial charge in [-0.1, -0.05) is 32.1 Å². The van der Waals surface area contributed by atoms with E-state index in [1.54, 1.807) is 0 Å². The fourth-order valence-corrected chi connectivity index (χ4v) is 3.69. The Kier molecular flexibility index (Phi) is 2.08.